The van der Waals surface area contributed by atoms with Crippen molar-refractivity contribution in [3.05, 3.63) is 24.3 Å². The van der Waals surface area contributed by atoms with Gasteiger partial charge in [0.05, 0.1) is 5.69 Å². The number of hydrogen-bond acceptors (Lipinski definition) is 3. The molecule has 0 aliphatic carbocycles. The van der Waals surface area contributed by atoms with Gasteiger partial charge in [-0.2, -0.15) is 0 Å². The van der Waals surface area contributed by atoms with Gasteiger partial charge < -0.3 is 15.2 Å². The van der Waals surface area contributed by atoms with Crippen molar-refractivity contribution >= 4 is 17.7 Å². The van der Waals surface area contributed by atoms with Crippen molar-refractivity contribution in [2.24, 2.45) is 0 Å². The van der Waals surface area contributed by atoms with E-state index in [4.69, 9.17) is 5.11 Å². The van der Waals surface area contributed by atoms with Crippen LogP contribution in [0.15, 0.2) is 24.3 Å². The Bertz CT molecular complexity index is 327. The summed E-state index contributed by atoms with van der Waals surface area (Å²) in [6.45, 7) is 1.33. The molecule has 14 heavy (non-hydrogen) atoms. The molecule has 1 aromatic carbocycles. The van der Waals surface area contributed by atoms with Crippen LogP contribution in [0.25, 0.3) is 0 Å². The van der Waals surface area contributed by atoms with Crippen LogP contribution in [0.4, 0.5) is 10.5 Å². The third kappa shape index (κ3) is 2.78. The number of rotatable bonds is 2. The Morgan fingerprint density at radius 3 is 2.57 bits per heavy atom. The van der Waals surface area contributed by atoms with Crippen molar-refractivity contribution in [2.45, 2.75) is 6.92 Å². The van der Waals surface area contributed by atoms with Crippen LogP contribution in [0.5, 0.6) is 5.75 Å². The first kappa shape index (κ1) is 10.0. The fourth-order valence-corrected chi connectivity index (χ4v) is 0.943. The van der Waals surface area contributed by atoms with Crippen molar-refractivity contribution in [1.29, 1.82) is 0 Å². The highest BCUT2D eigenvalue weighted by atomic mass is 16.7. The maximum absolute atomic E-state index is 10.7. The molecule has 0 aliphatic heterocycles. The summed E-state index contributed by atoms with van der Waals surface area (Å²) in [5.41, 5.74) is 0.336. The quantitative estimate of drug-likeness (QED) is 0.556. The number of hydrogen-bond donors (Lipinski definition) is 2. The molecule has 2 N–H and O–H groups in total. The van der Waals surface area contributed by atoms with E-state index in [0.717, 1.165) is 0 Å². The second-order valence-electron chi connectivity index (χ2n) is 2.55. The fraction of sp³-hybridized carbons (Fsp3) is 0.111. The molecule has 0 radical (unpaired) electrons. The number of ether oxygens (including phenoxy) is 1. The SMILES string of the molecule is CC(=O)Nc1ccccc1OC(=O)O. The van der Waals surface area contributed by atoms with Gasteiger partial charge in [0.1, 0.15) is 0 Å². The Hall–Kier alpha value is -2.04. The van der Waals surface area contributed by atoms with E-state index in [1.165, 1.54) is 13.0 Å². The first-order chi connectivity index (χ1) is 6.59. The molecule has 0 saturated carbocycles. The van der Waals surface area contributed by atoms with Crippen LogP contribution in [-0.4, -0.2) is 17.2 Å². The zero-order valence-electron chi connectivity index (χ0n) is 7.48. The van der Waals surface area contributed by atoms with Crippen molar-refractivity contribution in [3.8, 4) is 5.75 Å². The summed E-state index contributed by atoms with van der Waals surface area (Å²) in [6.07, 6.45) is -1.41. The summed E-state index contributed by atoms with van der Waals surface area (Å²) in [4.78, 5) is 21.0. The van der Waals surface area contributed by atoms with Gasteiger partial charge >= 0.3 is 6.16 Å². The number of carbonyl (C=O) groups is 2. The highest BCUT2D eigenvalue weighted by Gasteiger charge is 2.07. The van der Waals surface area contributed by atoms with Gasteiger partial charge in [0.15, 0.2) is 5.75 Å². The Morgan fingerprint density at radius 1 is 1.36 bits per heavy atom. The number of carboxylic acid groups (broad SMARTS) is 1. The van der Waals surface area contributed by atoms with E-state index in [-0.39, 0.29) is 11.7 Å². The Labute approximate surface area is 80.3 Å². The first-order valence-electron chi connectivity index (χ1n) is 3.87. The zero-order valence-corrected chi connectivity index (χ0v) is 7.48. The van der Waals surface area contributed by atoms with Gasteiger partial charge in [-0.15, -0.1) is 0 Å². The third-order valence-electron chi connectivity index (χ3n) is 1.40. The number of anilines is 1. The predicted molar refractivity (Wildman–Crippen MR) is 49.4 cm³/mol. The third-order valence-corrected chi connectivity index (χ3v) is 1.40. The van der Waals surface area contributed by atoms with Crippen LogP contribution in [0.3, 0.4) is 0 Å². The van der Waals surface area contributed by atoms with Gasteiger partial charge in [0.25, 0.3) is 0 Å². The summed E-state index contributed by atoms with van der Waals surface area (Å²) in [5.74, 6) is -0.179. The fourth-order valence-electron chi connectivity index (χ4n) is 0.943. The van der Waals surface area contributed by atoms with Gasteiger partial charge in [-0.3, -0.25) is 4.79 Å². The summed E-state index contributed by atoms with van der Waals surface area (Å²) in [5, 5.41) is 10.8. The van der Waals surface area contributed by atoms with Crippen molar-refractivity contribution < 1.29 is 19.4 Å². The molecule has 0 aliphatic rings. The van der Waals surface area contributed by atoms with Gasteiger partial charge in [0.2, 0.25) is 5.91 Å². The number of nitrogens with one attached hydrogen (secondary N) is 1. The topological polar surface area (TPSA) is 75.6 Å². The number of benzene rings is 1. The van der Waals surface area contributed by atoms with E-state index in [1.807, 2.05) is 0 Å². The molecule has 0 heterocycles. The Balaban J connectivity index is 2.90. The van der Waals surface area contributed by atoms with Crippen LogP contribution in [0.2, 0.25) is 0 Å². The maximum atomic E-state index is 10.7. The lowest BCUT2D eigenvalue weighted by Gasteiger charge is -2.07. The second-order valence-corrected chi connectivity index (χ2v) is 2.55. The largest absolute Gasteiger partial charge is 0.511 e. The Morgan fingerprint density at radius 2 is 2.00 bits per heavy atom. The van der Waals surface area contributed by atoms with Crippen LogP contribution in [-0.2, 0) is 4.79 Å². The lowest BCUT2D eigenvalue weighted by atomic mass is 10.3. The second kappa shape index (κ2) is 4.27. The zero-order chi connectivity index (χ0) is 10.6. The first-order valence-corrected chi connectivity index (χ1v) is 3.87. The van der Waals surface area contributed by atoms with E-state index in [2.05, 4.69) is 10.1 Å². The number of carbonyl (C=O) groups excluding carboxylic acids is 1. The normalized spacial score (nSPS) is 9.21. The van der Waals surface area contributed by atoms with Crippen molar-refractivity contribution in [1.82, 2.24) is 0 Å². The monoisotopic (exact) mass is 195 g/mol. The van der Waals surface area contributed by atoms with Gasteiger partial charge in [-0.25, -0.2) is 4.79 Å². The summed E-state index contributed by atoms with van der Waals surface area (Å²) < 4.78 is 4.45. The molecule has 0 bridgehead atoms. The minimum absolute atomic E-state index is 0.107. The molecular weight excluding hydrogens is 186 g/mol. The summed E-state index contributed by atoms with van der Waals surface area (Å²) >= 11 is 0. The molecule has 74 valence electrons. The minimum Gasteiger partial charge on any atom is -0.449 e. The summed E-state index contributed by atoms with van der Waals surface area (Å²) in [6, 6.07) is 6.29. The predicted octanol–water partition coefficient (Wildman–Crippen LogP) is 1.70. The van der Waals surface area contributed by atoms with E-state index < -0.39 is 6.16 Å². The maximum Gasteiger partial charge on any atom is 0.511 e. The smallest absolute Gasteiger partial charge is 0.449 e. The molecule has 0 fully saturated rings. The van der Waals surface area contributed by atoms with Crippen molar-refractivity contribution in [3.63, 3.8) is 0 Å². The van der Waals surface area contributed by atoms with Crippen LogP contribution < -0.4 is 10.1 Å². The van der Waals surface area contributed by atoms with Crippen LogP contribution in [0, 0.1) is 0 Å². The van der Waals surface area contributed by atoms with E-state index >= 15 is 0 Å². The molecule has 1 amide bonds. The van der Waals surface area contributed by atoms with Gasteiger partial charge in [0, 0.05) is 6.92 Å². The standard InChI is InChI=1S/C9H9NO4/c1-6(11)10-7-4-2-3-5-8(7)14-9(12)13/h2-5H,1H3,(H,10,11)(H,12,13). The molecule has 5 heteroatoms. The highest BCUT2D eigenvalue weighted by Crippen LogP contribution is 2.23. The molecule has 0 spiro atoms. The number of amides is 1. The molecule has 0 atom stereocenters. The van der Waals surface area contributed by atoms with Crippen LogP contribution in [0.1, 0.15) is 6.92 Å². The summed E-state index contributed by atoms with van der Waals surface area (Å²) in [7, 11) is 0. The van der Waals surface area contributed by atoms with Gasteiger partial charge in [-0.05, 0) is 12.1 Å². The average Bonchev–Trinajstić information content (AvgIpc) is 2.06. The molecule has 5 nitrogen and oxygen atoms in total. The molecule has 1 aromatic rings. The average molecular weight is 195 g/mol. The molecule has 0 unspecified atom stereocenters. The lowest BCUT2D eigenvalue weighted by Crippen LogP contribution is -2.10. The van der Waals surface area contributed by atoms with E-state index in [9.17, 15) is 9.59 Å². The van der Waals surface area contributed by atoms with Crippen LogP contribution >= 0.6 is 0 Å². The van der Waals surface area contributed by atoms with E-state index in [1.54, 1.807) is 18.2 Å². The molecule has 0 saturated heterocycles. The highest BCUT2D eigenvalue weighted by molar-refractivity contribution is 5.90. The molecular formula is C9H9NO4. The number of para-hydroxylation sites is 2. The lowest BCUT2D eigenvalue weighted by molar-refractivity contribution is -0.114. The minimum atomic E-state index is -1.41. The molecule has 0 aromatic heterocycles. The Kier molecular flexibility index (Phi) is 3.06. The van der Waals surface area contributed by atoms with Crippen molar-refractivity contribution in [2.75, 3.05) is 5.32 Å². The van der Waals surface area contributed by atoms with E-state index in [0.29, 0.717) is 5.69 Å². The van der Waals surface area contributed by atoms with Gasteiger partial charge in [-0.1, -0.05) is 12.1 Å². The molecule has 1 rings (SSSR count).